The van der Waals surface area contributed by atoms with Gasteiger partial charge < -0.3 is 5.73 Å². The topological polar surface area (TPSA) is 43.1 Å². The summed E-state index contributed by atoms with van der Waals surface area (Å²) in [5.41, 5.74) is 13.6. The van der Waals surface area contributed by atoms with Crippen molar-refractivity contribution in [3.05, 3.63) is 52.6 Å². The number of nitrogens with two attached hydrogens (primary N) is 1. The Balaban J connectivity index is 1.69. The molecule has 0 saturated heterocycles. The van der Waals surface area contributed by atoms with E-state index < -0.39 is 0 Å². The lowest BCUT2D eigenvalue weighted by molar-refractivity contribution is -0.114. The highest BCUT2D eigenvalue weighted by Crippen LogP contribution is 2.69. The van der Waals surface area contributed by atoms with Crippen LogP contribution < -0.4 is 5.73 Å². The molecule has 2 saturated carbocycles. The molecule has 2 fully saturated rings. The van der Waals surface area contributed by atoms with Gasteiger partial charge in [-0.15, -0.1) is 0 Å². The molecule has 0 heterocycles. The van der Waals surface area contributed by atoms with Crippen molar-refractivity contribution in [1.29, 1.82) is 0 Å². The Kier molecular flexibility index (Phi) is 3.96. The van der Waals surface area contributed by atoms with E-state index >= 15 is 0 Å². The van der Waals surface area contributed by atoms with Crippen molar-refractivity contribution >= 4 is 11.5 Å². The van der Waals surface area contributed by atoms with Gasteiger partial charge in [0, 0.05) is 18.0 Å². The van der Waals surface area contributed by atoms with Gasteiger partial charge in [0.1, 0.15) is 0 Å². The van der Waals surface area contributed by atoms with Gasteiger partial charge in [-0.2, -0.15) is 0 Å². The SMILES string of the molecule is CC1(C)CCC2C3CCC4=CC(=O)CCC4=C3[C@@H](c3ccc(N)cc3)C[C@@]21C. The first-order chi connectivity index (χ1) is 13.3. The molecule has 4 aliphatic rings. The number of carbonyl (C=O) groups is 1. The summed E-state index contributed by atoms with van der Waals surface area (Å²) in [6.45, 7) is 7.57. The highest BCUT2D eigenvalue weighted by molar-refractivity contribution is 5.93. The van der Waals surface area contributed by atoms with E-state index in [1.807, 2.05) is 6.08 Å². The van der Waals surface area contributed by atoms with Crippen molar-refractivity contribution in [3.63, 3.8) is 0 Å². The Morgan fingerprint density at radius 2 is 1.75 bits per heavy atom. The van der Waals surface area contributed by atoms with Crippen LogP contribution in [0.2, 0.25) is 0 Å². The zero-order valence-electron chi connectivity index (χ0n) is 17.6. The summed E-state index contributed by atoms with van der Waals surface area (Å²) in [4.78, 5) is 12.1. The third kappa shape index (κ3) is 2.49. The van der Waals surface area contributed by atoms with Crippen LogP contribution in [0, 0.1) is 22.7 Å². The summed E-state index contributed by atoms with van der Waals surface area (Å²) < 4.78 is 0. The molecule has 0 bridgehead atoms. The van der Waals surface area contributed by atoms with E-state index in [-0.39, 0.29) is 0 Å². The van der Waals surface area contributed by atoms with Crippen molar-refractivity contribution in [2.75, 3.05) is 5.73 Å². The highest BCUT2D eigenvalue weighted by atomic mass is 16.1. The molecule has 4 atom stereocenters. The lowest BCUT2D eigenvalue weighted by Gasteiger charge is -2.55. The monoisotopic (exact) mass is 375 g/mol. The van der Waals surface area contributed by atoms with Crippen molar-refractivity contribution in [1.82, 2.24) is 0 Å². The molecule has 2 unspecified atom stereocenters. The number of hydrogen-bond acceptors (Lipinski definition) is 2. The average Bonchev–Trinajstić information content (AvgIpc) is 2.90. The molecule has 0 spiro atoms. The zero-order chi connectivity index (χ0) is 19.7. The Morgan fingerprint density at radius 1 is 1.00 bits per heavy atom. The van der Waals surface area contributed by atoms with Crippen LogP contribution in [0.1, 0.15) is 77.2 Å². The van der Waals surface area contributed by atoms with Gasteiger partial charge in [-0.05, 0) is 96.1 Å². The molecule has 0 radical (unpaired) electrons. The molecule has 0 amide bonds. The van der Waals surface area contributed by atoms with Crippen LogP contribution in [-0.2, 0) is 4.79 Å². The summed E-state index contributed by atoms with van der Waals surface area (Å²) in [5, 5.41) is 0. The minimum absolute atomic E-state index is 0.324. The lowest BCUT2D eigenvalue weighted by Crippen LogP contribution is -2.46. The maximum atomic E-state index is 12.1. The van der Waals surface area contributed by atoms with Crippen molar-refractivity contribution in [2.45, 2.75) is 71.6 Å². The van der Waals surface area contributed by atoms with E-state index in [4.69, 9.17) is 5.73 Å². The second-order valence-electron chi connectivity index (χ2n) is 10.6. The van der Waals surface area contributed by atoms with E-state index in [1.165, 1.54) is 36.8 Å². The van der Waals surface area contributed by atoms with Gasteiger partial charge in [-0.25, -0.2) is 0 Å². The Labute approximate surface area is 169 Å². The molecule has 2 N–H and O–H groups in total. The molecular formula is C26H33NO. The summed E-state index contributed by atoms with van der Waals surface area (Å²) in [7, 11) is 0. The smallest absolute Gasteiger partial charge is 0.156 e. The maximum Gasteiger partial charge on any atom is 0.156 e. The van der Waals surface area contributed by atoms with Crippen molar-refractivity contribution in [3.8, 4) is 0 Å². The first-order valence-electron chi connectivity index (χ1n) is 11.1. The summed E-state index contributed by atoms with van der Waals surface area (Å²) in [6, 6.07) is 8.63. The number of rotatable bonds is 1. The number of fused-ring (bicyclic) bond motifs is 4. The van der Waals surface area contributed by atoms with Crippen LogP contribution in [0.25, 0.3) is 0 Å². The lowest BCUT2D eigenvalue weighted by atomic mass is 9.49. The number of benzene rings is 1. The second-order valence-corrected chi connectivity index (χ2v) is 10.6. The van der Waals surface area contributed by atoms with Crippen LogP contribution in [0.4, 0.5) is 5.69 Å². The van der Waals surface area contributed by atoms with Gasteiger partial charge in [0.25, 0.3) is 0 Å². The number of ketones is 1. The molecule has 148 valence electrons. The molecule has 28 heavy (non-hydrogen) atoms. The number of hydrogen-bond donors (Lipinski definition) is 1. The van der Waals surface area contributed by atoms with E-state index in [9.17, 15) is 4.79 Å². The molecule has 2 heteroatoms. The minimum atomic E-state index is 0.324. The van der Waals surface area contributed by atoms with Gasteiger partial charge >= 0.3 is 0 Å². The van der Waals surface area contributed by atoms with Crippen LogP contribution in [0.5, 0.6) is 0 Å². The van der Waals surface area contributed by atoms with Gasteiger partial charge in [-0.3, -0.25) is 4.79 Å². The Bertz CT molecular complexity index is 888. The quantitative estimate of drug-likeness (QED) is 0.594. The first kappa shape index (κ1) is 18.2. The molecule has 0 aromatic heterocycles. The number of allylic oxidation sites excluding steroid dienone is 4. The molecule has 2 nitrogen and oxygen atoms in total. The van der Waals surface area contributed by atoms with Crippen LogP contribution in [-0.4, -0.2) is 5.78 Å². The Morgan fingerprint density at radius 3 is 2.50 bits per heavy atom. The largest absolute Gasteiger partial charge is 0.399 e. The zero-order valence-corrected chi connectivity index (χ0v) is 17.6. The van der Waals surface area contributed by atoms with Crippen molar-refractivity contribution in [2.24, 2.45) is 22.7 Å². The fraction of sp³-hybridized carbons (Fsp3) is 0.577. The average molecular weight is 376 g/mol. The van der Waals surface area contributed by atoms with Crippen LogP contribution in [0.15, 0.2) is 47.1 Å². The predicted octanol–water partition coefficient (Wildman–Crippen LogP) is 6.19. The maximum absolute atomic E-state index is 12.1. The highest BCUT2D eigenvalue weighted by Gasteiger charge is 2.59. The number of anilines is 1. The van der Waals surface area contributed by atoms with Gasteiger partial charge in [-0.1, -0.05) is 38.5 Å². The first-order valence-corrected chi connectivity index (χ1v) is 11.1. The van der Waals surface area contributed by atoms with Crippen molar-refractivity contribution < 1.29 is 4.79 Å². The van der Waals surface area contributed by atoms with E-state index in [0.717, 1.165) is 24.4 Å². The van der Waals surface area contributed by atoms with Gasteiger partial charge in [0.2, 0.25) is 0 Å². The standard InChI is InChI=1S/C26H33NO/c1-25(2)13-12-23-21-10-6-17-14-19(28)9-11-20(17)24(21)22(15-26(23,25)3)16-4-7-18(27)8-5-16/h4-5,7-8,14,21-23H,6,9-13,15,27H2,1-3H3/t21?,22-,23?,26+/m1/s1. The molecule has 1 aromatic carbocycles. The number of carbonyl (C=O) groups excluding carboxylic acids is 1. The fourth-order valence-electron chi connectivity index (χ4n) is 7.15. The molecule has 1 aromatic rings. The summed E-state index contributed by atoms with van der Waals surface area (Å²) in [5.74, 6) is 2.26. The van der Waals surface area contributed by atoms with E-state index in [2.05, 4.69) is 45.0 Å². The summed E-state index contributed by atoms with van der Waals surface area (Å²) >= 11 is 0. The van der Waals surface area contributed by atoms with Crippen LogP contribution >= 0.6 is 0 Å². The van der Waals surface area contributed by atoms with E-state index in [0.29, 0.717) is 34.9 Å². The second kappa shape index (κ2) is 6.08. The van der Waals surface area contributed by atoms with Crippen LogP contribution in [0.3, 0.4) is 0 Å². The Hall–Kier alpha value is -1.83. The molecular weight excluding hydrogens is 342 g/mol. The third-order valence-corrected chi connectivity index (χ3v) is 9.09. The van der Waals surface area contributed by atoms with Gasteiger partial charge in [0.15, 0.2) is 5.78 Å². The molecule has 4 aliphatic carbocycles. The molecule has 0 aliphatic heterocycles. The molecule has 5 rings (SSSR count). The minimum Gasteiger partial charge on any atom is -0.399 e. The number of nitrogen functional groups attached to an aromatic ring is 1. The third-order valence-electron chi connectivity index (χ3n) is 9.09. The van der Waals surface area contributed by atoms with E-state index in [1.54, 1.807) is 11.1 Å². The normalized spacial score (nSPS) is 36.5. The summed E-state index contributed by atoms with van der Waals surface area (Å²) in [6.07, 6.45) is 9.85. The fourth-order valence-corrected chi connectivity index (χ4v) is 7.15. The predicted molar refractivity (Wildman–Crippen MR) is 115 cm³/mol. The van der Waals surface area contributed by atoms with Gasteiger partial charge in [0.05, 0.1) is 0 Å².